The molecule has 72 valence electrons. The zero-order valence-electron chi connectivity index (χ0n) is 7.27. The maximum atomic E-state index is 5.56. The summed E-state index contributed by atoms with van der Waals surface area (Å²) < 4.78 is 10.8. The zero-order valence-corrected chi connectivity index (χ0v) is 7.27. The molecule has 0 saturated carbocycles. The van der Waals surface area contributed by atoms with Gasteiger partial charge < -0.3 is 9.47 Å². The van der Waals surface area contributed by atoms with E-state index in [1.54, 1.807) is 0 Å². The largest absolute Gasteiger partial charge is 0.381 e. The Balaban J connectivity index is 1.72. The lowest BCUT2D eigenvalue weighted by Crippen LogP contribution is -2.23. The van der Waals surface area contributed by atoms with E-state index < -0.39 is 0 Å². The molecule has 1 fully saturated rings. The van der Waals surface area contributed by atoms with Crippen LogP contribution < -0.4 is 0 Å². The molecule has 2 heterocycles. The lowest BCUT2D eigenvalue weighted by molar-refractivity contribution is -0.0409. The summed E-state index contributed by atoms with van der Waals surface area (Å²) in [5.74, 6) is 0.603. The Kier molecular flexibility index (Phi) is 2.83. The van der Waals surface area contributed by atoms with E-state index in [0.717, 1.165) is 26.1 Å². The molecule has 1 saturated heterocycles. The lowest BCUT2D eigenvalue weighted by Gasteiger charge is -2.21. The lowest BCUT2D eigenvalue weighted by atomic mass is 10.2. The van der Waals surface area contributed by atoms with Gasteiger partial charge in [-0.15, -0.1) is 10.2 Å². The van der Waals surface area contributed by atoms with Crippen molar-refractivity contribution in [1.29, 1.82) is 0 Å². The summed E-state index contributed by atoms with van der Waals surface area (Å²) in [6.45, 7) is 2.01. The molecule has 0 aliphatic carbocycles. The monoisotopic (exact) mass is 184 g/mol. The van der Waals surface area contributed by atoms with Gasteiger partial charge in [-0.3, -0.25) is 0 Å². The highest BCUT2D eigenvalue weighted by atomic mass is 16.5. The van der Waals surface area contributed by atoms with Crippen molar-refractivity contribution in [2.75, 3.05) is 13.2 Å². The smallest absolute Gasteiger partial charge is 0.200 e. The number of aromatic amines is 1. The first-order valence-electron chi connectivity index (χ1n) is 4.37. The molecule has 0 aromatic carbocycles. The van der Waals surface area contributed by atoms with E-state index >= 15 is 0 Å². The standard InChI is InChI=1S/C7H12N4O2/c1-3-12-4-2-6(1)13-5-7-8-10-11-9-7/h6H,1-5H2,(H,8,9,10,11). The van der Waals surface area contributed by atoms with Crippen molar-refractivity contribution in [3.05, 3.63) is 5.82 Å². The van der Waals surface area contributed by atoms with Crippen LogP contribution in [0, 0.1) is 0 Å². The zero-order chi connectivity index (χ0) is 8.93. The van der Waals surface area contributed by atoms with E-state index in [2.05, 4.69) is 20.6 Å². The summed E-state index contributed by atoms with van der Waals surface area (Å²) in [4.78, 5) is 0. The molecule has 0 spiro atoms. The van der Waals surface area contributed by atoms with Crippen LogP contribution in [-0.2, 0) is 16.1 Å². The van der Waals surface area contributed by atoms with Gasteiger partial charge in [0.1, 0.15) is 6.61 Å². The molecule has 2 rings (SSSR count). The third-order valence-corrected chi connectivity index (χ3v) is 2.01. The predicted molar refractivity (Wildman–Crippen MR) is 42.8 cm³/mol. The minimum Gasteiger partial charge on any atom is -0.381 e. The van der Waals surface area contributed by atoms with Gasteiger partial charge in [0.2, 0.25) is 0 Å². The van der Waals surface area contributed by atoms with Crippen LogP contribution in [0.3, 0.4) is 0 Å². The highest BCUT2D eigenvalue weighted by molar-refractivity contribution is 4.72. The molecule has 6 heteroatoms. The minimum absolute atomic E-state index is 0.284. The van der Waals surface area contributed by atoms with Gasteiger partial charge in [-0.25, -0.2) is 0 Å². The van der Waals surface area contributed by atoms with Crippen LogP contribution in [0.5, 0.6) is 0 Å². The highest BCUT2D eigenvalue weighted by Crippen LogP contribution is 2.11. The summed E-state index contributed by atoms with van der Waals surface area (Å²) in [5.41, 5.74) is 0. The van der Waals surface area contributed by atoms with Crippen LogP contribution in [0.2, 0.25) is 0 Å². The second-order valence-corrected chi connectivity index (χ2v) is 2.95. The van der Waals surface area contributed by atoms with Crippen molar-refractivity contribution in [2.24, 2.45) is 0 Å². The van der Waals surface area contributed by atoms with Gasteiger partial charge in [-0.05, 0) is 12.8 Å². The Morgan fingerprint density at radius 1 is 1.46 bits per heavy atom. The second kappa shape index (κ2) is 4.29. The maximum absolute atomic E-state index is 5.56. The molecular formula is C7H12N4O2. The third kappa shape index (κ3) is 2.46. The van der Waals surface area contributed by atoms with E-state index in [4.69, 9.17) is 9.47 Å². The van der Waals surface area contributed by atoms with Crippen LogP contribution >= 0.6 is 0 Å². The van der Waals surface area contributed by atoms with E-state index in [-0.39, 0.29) is 6.10 Å². The Bertz CT molecular complexity index is 233. The Labute approximate surface area is 75.6 Å². The van der Waals surface area contributed by atoms with Crippen molar-refractivity contribution in [3.8, 4) is 0 Å². The summed E-state index contributed by atoms with van der Waals surface area (Å²) in [6.07, 6.45) is 2.20. The van der Waals surface area contributed by atoms with Gasteiger partial charge in [0.15, 0.2) is 5.82 Å². The SMILES string of the molecule is C1CC(OCc2nn[nH]n2)CCO1. The number of ether oxygens (including phenoxy) is 2. The number of tetrazole rings is 1. The van der Waals surface area contributed by atoms with Crippen molar-refractivity contribution in [3.63, 3.8) is 0 Å². The molecule has 1 aromatic rings. The number of nitrogens with one attached hydrogen (secondary N) is 1. The van der Waals surface area contributed by atoms with Crippen molar-refractivity contribution < 1.29 is 9.47 Å². The molecular weight excluding hydrogens is 172 g/mol. The average molecular weight is 184 g/mol. The number of hydrogen-bond acceptors (Lipinski definition) is 5. The number of nitrogens with zero attached hydrogens (tertiary/aromatic N) is 3. The molecule has 1 aromatic heterocycles. The molecule has 13 heavy (non-hydrogen) atoms. The molecule has 0 atom stereocenters. The first-order chi connectivity index (χ1) is 6.45. The van der Waals surface area contributed by atoms with E-state index in [1.165, 1.54) is 0 Å². The van der Waals surface area contributed by atoms with E-state index in [1.807, 2.05) is 0 Å². The van der Waals surface area contributed by atoms with Crippen LogP contribution in [0.4, 0.5) is 0 Å². The van der Waals surface area contributed by atoms with Crippen LogP contribution in [0.15, 0.2) is 0 Å². The fourth-order valence-corrected chi connectivity index (χ4v) is 1.28. The third-order valence-electron chi connectivity index (χ3n) is 2.01. The molecule has 1 N–H and O–H groups in total. The molecule has 1 aliphatic heterocycles. The molecule has 6 nitrogen and oxygen atoms in total. The van der Waals surface area contributed by atoms with Gasteiger partial charge >= 0.3 is 0 Å². The first kappa shape index (κ1) is 8.58. The number of aromatic nitrogens is 4. The first-order valence-corrected chi connectivity index (χ1v) is 4.37. The van der Waals surface area contributed by atoms with E-state index in [9.17, 15) is 0 Å². The van der Waals surface area contributed by atoms with Gasteiger partial charge in [-0.1, -0.05) is 5.21 Å². The fraction of sp³-hybridized carbons (Fsp3) is 0.857. The van der Waals surface area contributed by atoms with E-state index in [0.29, 0.717) is 12.4 Å². The van der Waals surface area contributed by atoms with Crippen molar-refractivity contribution >= 4 is 0 Å². The molecule has 0 amide bonds. The van der Waals surface area contributed by atoms with Gasteiger partial charge in [0.25, 0.3) is 0 Å². The molecule has 0 bridgehead atoms. The van der Waals surface area contributed by atoms with Crippen LogP contribution in [0.1, 0.15) is 18.7 Å². The molecule has 0 unspecified atom stereocenters. The summed E-state index contributed by atoms with van der Waals surface area (Å²) in [5, 5.41) is 13.4. The van der Waals surface area contributed by atoms with Crippen molar-refractivity contribution in [1.82, 2.24) is 20.6 Å². The number of hydrogen-bond donors (Lipinski definition) is 1. The van der Waals surface area contributed by atoms with Crippen LogP contribution in [-0.4, -0.2) is 39.9 Å². The summed E-state index contributed by atoms with van der Waals surface area (Å²) in [7, 11) is 0. The second-order valence-electron chi connectivity index (χ2n) is 2.95. The van der Waals surface area contributed by atoms with Gasteiger partial charge in [-0.2, -0.15) is 5.21 Å². The average Bonchev–Trinajstić information content (AvgIpc) is 2.69. The topological polar surface area (TPSA) is 72.9 Å². The Morgan fingerprint density at radius 2 is 2.31 bits per heavy atom. The quantitative estimate of drug-likeness (QED) is 0.709. The molecule has 0 radical (unpaired) electrons. The predicted octanol–water partition coefficient (Wildman–Crippen LogP) is -0.105. The maximum Gasteiger partial charge on any atom is 0.200 e. The number of rotatable bonds is 3. The van der Waals surface area contributed by atoms with Gasteiger partial charge in [0, 0.05) is 13.2 Å². The summed E-state index contributed by atoms with van der Waals surface area (Å²) in [6, 6.07) is 0. The summed E-state index contributed by atoms with van der Waals surface area (Å²) >= 11 is 0. The number of H-pyrrole nitrogens is 1. The van der Waals surface area contributed by atoms with Crippen LogP contribution in [0.25, 0.3) is 0 Å². The highest BCUT2D eigenvalue weighted by Gasteiger charge is 2.14. The van der Waals surface area contributed by atoms with Crippen molar-refractivity contribution in [2.45, 2.75) is 25.6 Å². The fourth-order valence-electron chi connectivity index (χ4n) is 1.28. The minimum atomic E-state index is 0.284. The molecule has 1 aliphatic rings. The Hall–Kier alpha value is -1.01. The Morgan fingerprint density at radius 3 is 3.00 bits per heavy atom. The normalized spacial score (nSPS) is 19.1. The van der Waals surface area contributed by atoms with Gasteiger partial charge in [0.05, 0.1) is 6.10 Å².